The molecule has 128 valence electrons. The van der Waals surface area contributed by atoms with Crippen molar-refractivity contribution in [1.29, 1.82) is 0 Å². The zero-order valence-corrected chi connectivity index (χ0v) is 14.0. The molecule has 0 saturated carbocycles. The van der Waals surface area contributed by atoms with Gasteiger partial charge in [0, 0.05) is 36.2 Å². The van der Waals surface area contributed by atoms with E-state index in [9.17, 15) is 5.11 Å². The third-order valence-electron chi connectivity index (χ3n) is 5.34. The lowest BCUT2D eigenvalue weighted by atomic mass is 9.88. The molecular weight excluding hydrogens is 302 g/mol. The number of anilines is 2. The average molecular weight is 327 g/mol. The Hall–Kier alpha value is -2.05. The van der Waals surface area contributed by atoms with Gasteiger partial charge in [-0.1, -0.05) is 17.7 Å². The van der Waals surface area contributed by atoms with Crippen LogP contribution in [0.1, 0.15) is 47.4 Å². The molecule has 1 aliphatic carbocycles. The number of rotatable bonds is 2. The Balaban J connectivity index is 1.71. The molecule has 1 aromatic heterocycles. The van der Waals surface area contributed by atoms with Gasteiger partial charge in [-0.3, -0.25) is 0 Å². The molecule has 0 fully saturated rings. The number of hydrogen-bond donors (Lipinski definition) is 4. The maximum Gasteiger partial charge on any atom is 0.156 e. The van der Waals surface area contributed by atoms with Crippen molar-refractivity contribution in [2.75, 3.05) is 17.6 Å². The molecule has 0 saturated heterocycles. The Morgan fingerprint density at radius 3 is 3.04 bits per heavy atom. The molecule has 6 N–H and O–H groups in total. The highest BCUT2D eigenvalue weighted by Crippen LogP contribution is 2.40. The lowest BCUT2D eigenvalue weighted by Gasteiger charge is -2.31. The number of nitrogens with zero attached hydrogens (tertiary/aromatic N) is 2. The van der Waals surface area contributed by atoms with E-state index in [-0.39, 0.29) is 12.0 Å². The monoisotopic (exact) mass is 327 g/mol. The Morgan fingerprint density at radius 1 is 1.38 bits per heavy atom. The Kier molecular flexibility index (Phi) is 3.73. The number of nitrogens with one attached hydrogen (secondary N) is 1. The first-order chi connectivity index (χ1) is 11.5. The van der Waals surface area contributed by atoms with Gasteiger partial charge in [0.2, 0.25) is 0 Å². The molecule has 1 aromatic carbocycles. The minimum Gasteiger partial charge on any atom is -0.385 e. The quantitative estimate of drug-likeness (QED) is 0.672. The summed E-state index contributed by atoms with van der Waals surface area (Å²) in [6.45, 7) is 2.91. The summed E-state index contributed by atoms with van der Waals surface area (Å²) in [5.41, 5.74) is 17.8. The Bertz CT molecular complexity index is 769. The fraction of sp³-hybridized carbons (Fsp3) is 0.500. The van der Waals surface area contributed by atoms with E-state index in [0.29, 0.717) is 5.82 Å². The zero-order valence-electron chi connectivity index (χ0n) is 14.0. The van der Waals surface area contributed by atoms with Crippen molar-refractivity contribution >= 4 is 11.5 Å². The van der Waals surface area contributed by atoms with Gasteiger partial charge in [0.15, 0.2) is 6.23 Å². The van der Waals surface area contributed by atoms with E-state index in [2.05, 4.69) is 35.5 Å². The Morgan fingerprint density at radius 2 is 2.21 bits per heavy atom. The van der Waals surface area contributed by atoms with E-state index in [0.717, 1.165) is 54.7 Å². The molecule has 0 spiro atoms. The minimum absolute atomic E-state index is 0.0153. The minimum atomic E-state index is -0.755. The summed E-state index contributed by atoms with van der Waals surface area (Å²) in [7, 11) is 0. The molecule has 2 heterocycles. The first-order valence-electron chi connectivity index (χ1n) is 8.68. The summed E-state index contributed by atoms with van der Waals surface area (Å²) in [5, 5.41) is 19.1. The van der Waals surface area contributed by atoms with Gasteiger partial charge in [-0.2, -0.15) is 5.10 Å². The topological polar surface area (TPSA) is 102 Å². The summed E-state index contributed by atoms with van der Waals surface area (Å²) in [6.07, 6.45) is 2.60. The van der Waals surface area contributed by atoms with Crippen LogP contribution in [0.15, 0.2) is 18.2 Å². The van der Waals surface area contributed by atoms with Crippen LogP contribution in [0.5, 0.6) is 0 Å². The van der Waals surface area contributed by atoms with Crippen molar-refractivity contribution in [3.8, 4) is 0 Å². The van der Waals surface area contributed by atoms with Gasteiger partial charge in [0.05, 0.1) is 5.69 Å². The molecule has 0 amide bonds. The molecule has 1 aliphatic heterocycles. The average Bonchev–Trinajstić information content (AvgIpc) is 2.89. The number of fused-ring (bicyclic) bond motifs is 2. The van der Waals surface area contributed by atoms with Crippen molar-refractivity contribution in [2.45, 2.75) is 50.8 Å². The van der Waals surface area contributed by atoms with Crippen molar-refractivity contribution in [1.82, 2.24) is 9.78 Å². The maximum atomic E-state index is 11.0. The smallest absolute Gasteiger partial charge is 0.156 e. The van der Waals surface area contributed by atoms with E-state index < -0.39 is 6.23 Å². The van der Waals surface area contributed by atoms with Gasteiger partial charge in [0.25, 0.3) is 0 Å². The SMILES string of the molecule is Cc1ccc2c(c1)C(C(O)n1nc3c(c1N)CCC(N)C3)CCN2. The Labute approximate surface area is 141 Å². The molecule has 0 bridgehead atoms. The highest BCUT2D eigenvalue weighted by molar-refractivity contribution is 5.56. The van der Waals surface area contributed by atoms with E-state index >= 15 is 0 Å². The van der Waals surface area contributed by atoms with E-state index in [1.807, 2.05) is 0 Å². The molecule has 6 heteroatoms. The molecule has 6 nitrogen and oxygen atoms in total. The summed E-state index contributed by atoms with van der Waals surface area (Å²) in [4.78, 5) is 0. The highest BCUT2D eigenvalue weighted by Gasteiger charge is 2.32. The maximum absolute atomic E-state index is 11.0. The molecule has 2 aromatic rings. The van der Waals surface area contributed by atoms with Crippen molar-refractivity contribution in [3.05, 3.63) is 40.6 Å². The molecular formula is C18H25N5O. The van der Waals surface area contributed by atoms with Crippen molar-refractivity contribution in [3.63, 3.8) is 0 Å². The third kappa shape index (κ3) is 2.46. The van der Waals surface area contributed by atoms with Crippen LogP contribution in [-0.4, -0.2) is 27.5 Å². The number of aryl methyl sites for hydroxylation is 1. The van der Waals surface area contributed by atoms with E-state index in [1.54, 1.807) is 4.68 Å². The van der Waals surface area contributed by atoms with Crippen molar-refractivity contribution < 1.29 is 5.11 Å². The van der Waals surface area contributed by atoms with Gasteiger partial charge in [-0.25, -0.2) is 4.68 Å². The van der Waals surface area contributed by atoms with Crippen LogP contribution in [0, 0.1) is 6.92 Å². The molecule has 2 aliphatic rings. The van der Waals surface area contributed by atoms with Gasteiger partial charge < -0.3 is 21.9 Å². The fourth-order valence-corrected chi connectivity index (χ4v) is 4.00. The fourth-order valence-electron chi connectivity index (χ4n) is 4.00. The largest absolute Gasteiger partial charge is 0.385 e. The second-order valence-electron chi connectivity index (χ2n) is 7.08. The zero-order chi connectivity index (χ0) is 16.8. The molecule has 3 atom stereocenters. The predicted molar refractivity (Wildman–Crippen MR) is 94.9 cm³/mol. The number of nitrogen functional groups attached to an aromatic ring is 1. The predicted octanol–water partition coefficient (Wildman–Crippen LogP) is 1.68. The highest BCUT2D eigenvalue weighted by atomic mass is 16.3. The molecule has 24 heavy (non-hydrogen) atoms. The molecule has 3 unspecified atom stereocenters. The summed E-state index contributed by atoms with van der Waals surface area (Å²) in [5.74, 6) is 0.579. The lowest BCUT2D eigenvalue weighted by molar-refractivity contribution is 0.0601. The first kappa shape index (κ1) is 15.5. The third-order valence-corrected chi connectivity index (χ3v) is 5.34. The van der Waals surface area contributed by atoms with E-state index in [1.165, 1.54) is 5.56 Å². The number of benzene rings is 1. The van der Waals surface area contributed by atoms with Crippen LogP contribution >= 0.6 is 0 Å². The van der Waals surface area contributed by atoms with Crippen LogP contribution in [0.25, 0.3) is 0 Å². The van der Waals surface area contributed by atoms with Crippen molar-refractivity contribution in [2.24, 2.45) is 5.73 Å². The van der Waals surface area contributed by atoms with Gasteiger partial charge in [0.1, 0.15) is 5.82 Å². The number of aliphatic hydroxyl groups is 1. The van der Waals surface area contributed by atoms with Gasteiger partial charge >= 0.3 is 0 Å². The second kappa shape index (κ2) is 5.79. The number of aromatic nitrogens is 2. The van der Waals surface area contributed by atoms with Gasteiger partial charge in [-0.15, -0.1) is 0 Å². The van der Waals surface area contributed by atoms with E-state index in [4.69, 9.17) is 11.5 Å². The lowest BCUT2D eigenvalue weighted by Crippen LogP contribution is -2.27. The molecule has 0 radical (unpaired) electrons. The summed E-state index contributed by atoms with van der Waals surface area (Å²) >= 11 is 0. The second-order valence-corrected chi connectivity index (χ2v) is 7.08. The summed E-state index contributed by atoms with van der Waals surface area (Å²) in [6, 6.07) is 6.45. The summed E-state index contributed by atoms with van der Waals surface area (Å²) < 4.78 is 1.62. The van der Waals surface area contributed by atoms with Gasteiger partial charge in [-0.05, 0) is 37.8 Å². The van der Waals surface area contributed by atoms with Crippen LogP contribution in [0.4, 0.5) is 11.5 Å². The number of nitrogens with two attached hydrogens (primary N) is 2. The standard InChI is InChI=1S/C18H25N5O/c1-10-2-5-15-14(8-10)12(6-7-21-15)18(24)23-17(20)13-4-3-11(19)9-16(13)22-23/h2,5,8,11-12,18,21,24H,3-4,6-7,9,19-20H2,1H3. The van der Waals surface area contributed by atoms with Crippen LogP contribution in [0.2, 0.25) is 0 Å². The van der Waals surface area contributed by atoms with Crippen LogP contribution in [-0.2, 0) is 12.8 Å². The normalized spacial score (nSPS) is 24.0. The first-order valence-corrected chi connectivity index (χ1v) is 8.68. The van der Waals surface area contributed by atoms with Crippen LogP contribution in [0.3, 0.4) is 0 Å². The molecule has 4 rings (SSSR count). The number of hydrogen-bond acceptors (Lipinski definition) is 5. The van der Waals surface area contributed by atoms with Crippen LogP contribution < -0.4 is 16.8 Å². The number of aliphatic hydroxyl groups excluding tert-OH is 1.